The number of rotatable bonds is 3. The molecule has 0 saturated carbocycles. The van der Waals surface area contributed by atoms with Gasteiger partial charge in [0.2, 0.25) is 9.05 Å². The molecule has 0 aliphatic heterocycles. The molecular formula is C6H6ClFN2O2S. The van der Waals surface area contributed by atoms with Gasteiger partial charge in [-0.1, -0.05) is 0 Å². The average Bonchev–Trinajstić information content (AvgIpc) is 2.02. The summed E-state index contributed by atoms with van der Waals surface area (Å²) in [7, 11) is 1.42. The Labute approximate surface area is 79.2 Å². The van der Waals surface area contributed by atoms with Gasteiger partial charge in [-0.15, -0.1) is 0 Å². The molecule has 0 saturated heterocycles. The first-order chi connectivity index (χ1) is 5.97. The molecule has 13 heavy (non-hydrogen) atoms. The highest BCUT2D eigenvalue weighted by Crippen LogP contribution is 2.00. The molecule has 1 aromatic heterocycles. The quantitative estimate of drug-likeness (QED) is 0.710. The van der Waals surface area contributed by atoms with Crippen LogP contribution in [-0.2, 0) is 15.5 Å². The van der Waals surface area contributed by atoms with Gasteiger partial charge in [0.1, 0.15) is 5.82 Å². The van der Waals surface area contributed by atoms with Crippen LogP contribution in [0.1, 0.15) is 5.82 Å². The van der Waals surface area contributed by atoms with Gasteiger partial charge in [0, 0.05) is 17.1 Å². The number of aryl methyl sites for hydroxylation is 1. The predicted molar refractivity (Wildman–Crippen MR) is 45.3 cm³/mol. The fourth-order valence-electron chi connectivity index (χ4n) is 0.681. The minimum atomic E-state index is -3.53. The number of nitrogens with zero attached hydrogens (tertiary/aromatic N) is 2. The first-order valence-corrected chi connectivity index (χ1v) is 5.84. The van der Waals surface area contributed by atoms with Crippen LogP contribution in [0.25, 0.3) is 0 Å². The maximum Gasteiger partial charge on any atom is 0.233 e. The highest BCUT2D eigenvalue weighted by atomic mass is 35.7. The summed E-state index contributed by atoms with van der Waals surface area (Å²) in [6.45, 7) is 0. The van der Waals surface area contributed by atoms with E-state index in [1.807, 2.05) is 0 Å². The normalized spacial score (nSPS) is 11.5. The summed E-state index contributed by atoms with van der Waals surface area (Å²) in [6, 6.07) is 0. The van der Waals surface area contributed by atoms with Gasteiger partial charge in [0.05, 0.1) is 18.1 Å². The Morgan fingerprint density at radius 2 is 1.92 bits per heavy atom. The van der Waals surface area contributed by atoms with Crippen LogP contribution in [0.2, 0.25) is 0 Å². The number of hydrogen-bond donors (Lipinski definition) is 0. The Kier molecular flexibility index (Phi) is 3.16. The minimum Gasteiger partial charge on any atom is -0.238 e. The van der Waals surface area contributed by atoms with Crippen LogP contribution in [-0.4, -0.2) is 24.1 Å². The summed E-state index contributed by atoms with van der Waals surface area (Å²) < 4.78 is 33.3. The zero-order valence-corrected chi connectivity index (χ0v) is 8.02. The molecule has 1 rings (SSSR count). The molecule has 0 spiro atoms. The summed E-state index contributed by atoms with van der Waals surface area (Å²) in [4.78, 5) is 7.14. The molecular weight excluding hydrogens is 219 g/mol. The molecule has 0 aromatic carbocycles. The fourth-order valence-corrected chi connectivity index (χ4v) is 1.34. The zero-order chi connectivity index (χ0) is 9.90. The Balaban J connectivity index is 2.61. The molecule has 4 nitrogen and oxygen atoms in total. The van der Waals surface area contributed by atoms with Crippen molar-refractivity contribution < 1.29 is 12.8 Å². The van der Waals surface area contributed by atoms with Crippen LogP contribution >= 0.6 is 10.7 Å². The van der Waals surface area contributed by atoms with Crippen molar-refractivity contribution in [3.8, 4) is 0 Å². The second kappa shape index (κ2) is 3.97. The summed E-state index contributed by atoms with van der Waals surface area (Å²) in [6.07, 6.45) is 2.04. The standard InChI is InChI=1S/C6H6ClFN2O2S/c7-13(11,12)2-1-6-9-3-5(8)4-10-6/h3-4H,1-2H2. The molecule has 0 N–H and O–H groups in total. The molecule has 0 radical (unpaired) electrons. The maximum absolute atomic E-state index is 12.3. The SMILES string of the molecule is O=S(=O)(Cl)CCc1ncc(F)cn1. The molecule has 0 amide bonds. The first kappa shape index (κ1) is 10.3. The molecule has 0 aliphatic rings. The van der Waals surface area contributed by atoms with Gasteiger partial charge in [0.25, 0.3) is 0 Å². The third-order valence-corrected chi connectivity index (χ3v) is 2.40. The van der Waals surface area contributed by atoms with Crippen molar-refractivity contribution in [2.24, 2.45) is 0 Å². The topological polar surface area (TPSA) is 59.9 Å². The van der Waals surface area contributed by atoms with E-state index in [1.165, 1.54) is 0 Å². The van der Waals surface area contributed by atoms with Crippen molar-refractivity contribution in [2.75, 3.05) is 5.75 Å². The van der Waals surface area contributed by atoms with Gasteiger partial charge in [-0.25, -0.2) is 22.8 Å². The zero-order valence-electron chi connectivity index (χ0n) is 6.44. The van der Waals surface area contributed by atoms with Crippen molar-refractivity contribution >= 4 is 19.7 Å². The monoisotopic (exact) mass is 224 g/mol. The lowest BCUT2D eigenvalue weighted by atomic mass is 10.4. The third kappa shape index (κ3) is 4.14. The van der Waals surface area contributed by atoms with Crippen molar-refractivity contribution in [1.29, 1.82) is 0 Å². The van der Waals surface area contributed by atoms with E-state index in [4.69, 9.17) is 10.7 Å². The minimum absolute atomic E-state index is 0.0894. The predicted octanol–water partition coefficient (Wildman–Crippen LogP) is 0.727. The van der Waals surface area contributed by atoms with E-state index >= 15 is 0 Å². The van der Waals surface area contributed by atoms with Crippen LogP contribution in [0.3, 0.4) is 0 Å². The van der Waals surface area contributed by atoms with Gasteiger partial charge in [-0.3, -0.25) is 0 Å². The van der Waals surface area contributed by atoms with E-state index < -0.39 is 14.9 Å². The van der Waals surface area contributed by atoms with Crippen molar-refractivity contribution in [1.82, 2.24) is 9.97 Å². The summed E-state index contributed by atoms with van der Waals surface area (Å²) >= 11 is 0. The first-order valence-electron chi connectivity index (χ1n) is 3.36. The number of halogens is 2. The Hall–Kier alpha value is -0.750. The smallest absolute Gasteiger partial charge is 0.233 e. The molecule has 0 atom stereocenters. The fraction of sp³-hybridized carbons (Fsp3) is 0.333. The van der Waals surface area contributed by atoms with E-state index in [0.717, 1.165) is 12.4 Å². The van der Waals surface area contributed by atoms with E-state index in [9.17, 15) is 12.8 Å². The second-order valence-electron chi connectivity index (χ2n) is 2.31. The summed E-state index contributed by atoms with van der Waals surface area (Å²) in [5, 5.41) is 0. The average molecular weight is 225 g/mol. The summed E-state index contributed by atoms with van der Waals surface area (Å²) in [5.74, 6) is -0.552. The molecule has 0 fully saturated rings. The molecule has 0 bridgehead atoms. The molecule has 0 unspecified atom stereocenters. The van der Waals surface area contributed by atoms with Crippen LogP contribution in [0.15, 0.2) is 12.4 Å². The van der Waals surface area contributed by atoms with Crippen LogP contribution in [0.4, 0.5) is 4.39 Å². The summed E-state index contributed by atoms with van der Waals surface area (Å²) in [5.41, 5.74) is 0. The van der Waals surface area contributed by atoms with Crippen molar-refractivity contribution in [2.45, 2.75) is 6.42 Å². The third-order valence-electron chi connectivity index (χ3n) is 1.24. The second-order valence-corrected chi connectivity index (χ2v) is 5.21. The molecule has 1 heterocycles. The van der Waals surface area contributed by atoms with Gasteiger partial charge in [-0.05, 0) is 0 Å². The Morgan fingerprint density at radius 1 is 1.38 bits per heavy atom. The Bertz CT molecular complexity index is 378. The van der Waals surface area contributed by atoms with E-state index in [2.05, 4.69) is 9.97 Å². The van der Waals surface area contributed by atoms with E-state index in [1.54, 1.807) is 0 Å². The van der Waals surface area contributed by atoms with Crippen molar-refractivity contribution in [3.63, 3.8) is 0 Å². The Morgan fingerprint density at radius 3 is 2.38 bits per heavy atom. The number of hydrogen-bond acceptors (Lipinski definition) is 4. The highest BCUT2D eigenvalue weighted by Gasteiger charge is 2.06. The molecule has 7 heteroatoms. The number of aromatic nitrogens is 2. The lowest BCUT2D eigenvalue weighted by Crippen LogP contribution is -2.04. The molecule has 72 valence electrons. The van der Waals surface area contributed by atoms with Gasteiger partial charge >= 0.3 is 0 Å². The van der Waals surface area contributed by atoms with Gasteiger partial charge < -0.3 is 0 Å². The van der Waals surface area contributed by atoms with Crippen molar-refractivity contribution in [3.05, 3.63) is 24.0 Å². The van der Waals surface area contributed by atoms with Crippen LogP contribution < -0.4 is 0 Å². The lowest BCUT2D eigenvalue weighted by Gasteiger charge is -1.95. The van der Waals surface area contributed by atoms with E-state index in [-0.39, 0.29) is 18.0 Å². The van der Waals surface area contributed by atoms with E-state index in [0.29, 0.717) is 0 Å². The highest BCUT2D eigenvalue weighted by molar-refractivity contribution is 8.13. The van der Waals surface area contributed by atoms with Crippen LogP contribution in [0, 0.1) is 5.82 Å². The van der Waals surface area contributed by atoms with Gasteiger partial charge in [-0.2, -0.15) is 0 Å². The molecule has 1 aromatic rings. The molecule has 0 aliphatic carbocycles. The lowest BCUT2D eigenvalue weighted by molar-refractivity contribution is 0.604. The van der Waals surface area contributed by atoms with Gasteiger partial charge in [0.15, 0.2) is 5.82 Å². The largest absolute Gasteiger partial charge is 0.238 e. The van der Waals surface area contributed by atoms with Crippen LogP contribution in [0.5, 0.6) is 0 Å². The maximum atomic E-state index is 12.3.